The lowest BCUT2D eigenvalue weighted by Crippen LogP contribution is -2.18. The number of aromatic nitrogens is 8. The topological polar surface area (TPSA) is 266 Å². The van der Waals surface area contributed by atoms with Gasteiger partial charge in [0.15, 0.2) is 22.3 Å². The smallest absolute Gasteiger partial charge is 0.305 e. The first-order chi connectivity index (χ1) is 20.6. The Morgan fingerprint density at radius 2 is 1.37 bits per heavy atom. The van der Waals surface area contributed by atoms with Crippen molar-refractivity contribution < 1.29 is 24.9 Å². The maximum Gasteiger partial charge on any atom is 0.305 e. The van der Waals surface area contributed by atoms with E-state index in [2.05, 4.69) is 29.9 Å². The lowest BCUT2D eigenvalue weighted by molar-refractivity contribution is -0.145. The van der Waals surface area contributed by atoms with Crippen molar-refractivity contribution in [2.45, 2.75) is 32.6 Å². The van der Waals surface area contributed by atoms with Crippen LogP contribution in [0.1, 0.15) is 32.6 Å². The maximum absolute atomic E-state index is 11.8. The number of fused-ring (bicyclic) bond motifs is 2. The van der Waals surface area contributed by atoms with E-state index in [0.717, 1.165) is 17.6 Å². The first kappa shape index (κ1) is 29.6. The Hall–Kier alpha value is -4.87. The van der Waals surface area contributed by atoms with Crippen molar-refractivity contribution >= 4 is 52.6 Å². The van der Waals surface area contributed by atoms with Gasteiger partial charge in [-0.3, -0.25) is 33.5 Å². The summed E-state index contributed by atoms with van der Waals surface area (Å²) >= 11 is 0. The molecule has 2 aliphatic rings. The molecule has 17 heteroatoms. The monoisotopic (exact) mass is 596 g/mol. The number of nitrogens with two attached hydrogens (primary N) is 2. The molecule has 0 saturated heterocycles. The number of nitrogens with one attached hydrogen (secondary N) is 2. The van der Waals surface area contributed by atoms with Gasteiger partial charge in [0, 0.05) is 24.2 Å². The molecule has 43 heavy (non-hydrogen) atoms. The normalized spacial score (nSPS) is 20.4. The minimum Gasteiger partial charge on any atom is -0.465 e. The van der Waals surface area contributed by atoms with Crippen LogP contribution in [-0.2, 0) is 9.53 Å². The van der Waals surface area contributed by atoms with Crippen molar-refractivity contribution in [1.82, 2.24) is 39.0 Å². The van der Waals surface area contributed by atoms with Gasteiger partial charge in [-0.15, -0.1) is 0 Å². The SMILES string of the molecule is CCCC(=O)OCC1(CO)C/C1=C/n1cnc2c(=O)[nH]c(N)nc21.Nc1nc2c(ncn2/C=C2/CC2(CO)CO)c(=O)[nH]1. The third-order valence-corrected chi connectivity index (χ3v) is 7.53. The molecule has 6 rings (SSSR count). The molecule has 4 aromatic rings. The van der Waals surface area contributed by atoms with E-state index in [9.17, 15) is 29.7 Å². The average Bonchev–Trinajstić information content (AvgIpc) is 3.75. The molecular weight excluding hydrogens is 564 g/mol. The third-order valence-electron chi connectivity index (χ3n) is 7.53. The van der Waals surface area contributed by atoms with Crippen LogP contribution in [0.2, 0.25) is 0 Å². The van der Waals surface area contributed by atoms with Gasteiger partial charge in [0.05, 0.1) is 25.2 Å². The molecular formula is C26H32N10O7. The molecule has 0 radical (unpaired) electrons. The van der Waals surface area contributed by atoms with Crippen molar-refractivity contribution in [3.63, 3.8) is 0 Å². The molecule has 1 atom stereocenters. The number of aliphatic hydroxyl groups excluding tert-OH is 3. The van der Waals surface area contributed by atoms with Gasteiger partial charge in [0.2, 0.25) is 11.9 Å². The van der Waals surface area contributed by atoms with Gasteiger partial charge < -0.3 is 31.5 Å². The summed E-state index contributed by atoms with van der Waals surface area (Å²) in [7, 11) is 0. The van der Waals surface area contributed by atoms with Gasteiger partial charge in [-0.25, -0.2) is 9.97 Å². The van der Waals surface area contributed by atoms with Crippen LogP contribution in [0.5, 0.6) is 0 Å². The van der Waals surface area contributed by atoms with Gasteiger partial charge in [0.1, 0.15) is 19.3 Å². The first-order valence-electron chi connectivity index (χ1n) is 13.4. The predicted molar refractivity (Wildman–Crippen MR) is 155 cm³/mol. The lowest BCUT2D eigenvalue weighted by Gasteiger charge is -2.11. The van der Waals surface area contributed by atoms with Crippen LogP contribution in [-0.4, -0.2) is 86.8 Å². The van der Waals surface area contributed by atoms with Gasteiger partial charge in [-0.05, 0) is 30.4 Å². The highest BCUT2D eigenvalue weighted by Crippen LogP contribution is 2.52. The van der Waals surface area contributed by atoms with E-state index in [1.54, 1.807) is 21.5 Å². The Kier molecular flexibility index (Phi) is 7.87. The third kappa shape index (κ3) is 5.77. The van der Waals surface area contributed by atoms with Gasteiger partial charge in [-0.1, -0.05) is 6.92 Å². The summed E-state index contributed by atoms with van der Waals surface area (Å²) in [5.41, 5.74) is 12.0. The number of nitrogens with zero attached hydrogens (tertiary/aromatic N) is 6. The second-order valence-electron chi connectivity index (χ2n) is 10.7. The minimum atomic E-state index is -0.563. The van der Waals surface area contributed by atoms with Crippen LogP contribution in [0.4, 0.5) is 11.9 Å². The first-order valence-corrected chi connectivity index (χ1v) is 13.4. The average molecular weight is 597 g/mol. The van der Waals surface area contributed by atoms with Gasteiger partial charge in [-0.2, -0.15) is 9.97 Å². The van der Waals surface area contributed by atoms with Crippen LogP contribution in [0.25, 0.3) is 34.7 Å². The van der Waals surface area contributed by atoms with Crippen LogP contribution >= 0.6 is 0 Å². The van der Waals surface area contributed by atoms with Crippen molar-refractivity contribution in [2.75, 3.05) is 37.9 Å². The highest BCUT2D eigenvalue weighted by Gasteiger charge is 2.50. The number of esters is 1. The number of aliphatic hydroxyl groups is 3. The maximum atomic E-state index is 11.8. The molecule has 1 unspecified atom stereocenters. The number of H-pyrrole nitrogens is 2. The standard InChI is InChI=1S/C15H19N5O4.C11H13N5O3/c1-2-3-10(22)24-7-15(6-21)4-9(15)5-20-8-17-11-12(20)18-14(16)19-13(11)23;12-10-14-8-7(9(19)15-10)13-5-16(8)2-6-1-11(6,3-17)4-18/h5,8,21H,2-4,6-7H2,1H3,(H3,16,18,19,23);2,5,17-18H,1,3-4H2,(H3,12,14,15,19)/b9-5-;6-2-. The van der Waals surface area contributed by atoms with E-state index >= 15 is 0 Å². The molecule has 4 heterocycles. The Balaban J connectivity index is 0.000000176. The zero-order chi connectivity index (χ0) is 30.9. The van der Waals surface area contributed by atoms with E-state index in [4.69, 9.17) is 16.2 Å². The van der Waals surface area contributed by atoms with E-state index in [1.165, 1.54) is 12.7 Å². The summed E-state index contributed by atoms with van der Waals surface area (Å²) < 4.78 is 8.38. The van der Waals surface area contributed by atoms with E-state index in [1.807, 2.05) is 6.92 Å². The number of aromatic amines is 2. The van der Waals surface area contributed by atoms with Crippen molar-refractivity contribution in [2.24, 2.45) is 10.8 Å². The minimum absolute atomic E-state index is 0.00497. The molecule has 2 aliphatic carbocycles. The highest BCUT2D eigenvalue weighted by molar-refractivity contribution is 5.75. The van der Waals surface area contributed by atoms with E-state index < -0.39 is 21.9 Å². The fourth-order valence-electron chi connectivity index (χ4n) is 4.62. The van der Waals surface area contributed by atoms with Crippen molar-refractivity contribution in [3.8, 4) is 0 Å². The van der Waals surface area contributed by atoms with Crippen molar-refractivity contribution in [1.29, 1.82) is 0 Å². The molecule has 4 aromatic heterocycles. The van der Waals surface area contributed by atoms with Crippen LogP contribution in [0.15, 0.2) is 33.4 Å². The Bertz CT molecular complexity index is 1860. The summed E-state index contributed by atoms with van der Waals surface area (Å²) in [6.07, 6.45) is 8.66. The van der Waals surface area contributed by atoms with E-state index in [-0.39, 0.29) is 55.3 Å². The quantitative estimate of drug-likeness (QED) is 0.117. The van der Waals surface area contributed by atoms with Gasteiger partial charge >= 0.3 is 5.97 Å². The summed E-state index contributed by atoms with van der Waals surface area (Å²) in [4.78, 5) is 55.7. The second-order valence-corrected chi connectivity index (χ2v) is 10.7. The fraction of sp³-hybridized carbons (Fsp3) is 0.423. The molecule has 2 saturated carbocycles. The molecule has 9 N–H and O–H groups in total. The number of anilines is 2. The van der Waals surface area contributed by atoms with E-state index in [0.29, 0.717) is 30.6 Å². The van der Waals surface area contributed by atoms with Gasteiger partial charge in [0.25, 0.3) is 11.1 Å². The molecule has 0 bridgehead atoms. The van der Waals surface area contributed by atoms with Crippen LogP contribution in [0, 0.1) is 10.8 Å². The van der Waals surface area contributed by atoms with Crippen LogP contribution in [0.3, 0.4) is 0 Å². The number of ether oxygens (including phenoxy) is 1. The zero-order valence-electron chi connectivity index (χ0n) is 23.3. The summed E-state index contributed by atoms with van der Waals surface area (Å²) in [6.45, 7) is 1.68. The number of rotatable bonds is 9. The summed E-state index contributed by atoms with van der Waals surface area (Å²) in [6, 6.07) is 0. The lowest BCUT2D eigenvalue weighted by atomic mass is 10.1. The molecule has 228 valence electrons. The molecule has 0 spiro atoms. The molecule has 0 aromatic carbocycles. The Morgan fingerprint density at radius 1 is 0.907 bits per heavy atom. The number of hydrogen-bond acceptors (Lipinski definition) is 13. The number of carbonyl (C=O) groups excluding carboxylic acids is 1. The number of hydrogen-bond donors (Lipinski definition) is 7. The largest absolute Gasteiger partial charge is 0.465 e. The number of imidazole rings is 2. The fourth-order valence-corrected chi connectivity index (χ4v) is 4.62. The molecule has 2 fully saturated rings. The number of nitrogen functional groups attached to an aromatic ring is 2. The molecule has 17 nitrogen and oxygen atoms in total. The Morgan fingerprint density at radius 3 is 1.81 bits per heavy atom. The highest BCUT2D eigenvalue weighted by atomic mass is 16.5. The number of carbonyl (C=O) groups is 1. The second kappa shape index (κ2) is 11.4. The van der Waals surface area contributed by atoms with Crippen LogP contribution < -0.4 is 22.6 Å². The van der Waals surface area contributed by atoms with Crippen molar-refractivity contribution in [3.05, 3.63) is 44.5 Å². The predicted octanol–water partition coefficient (Wildman–Crippen LogP) is -0.814. The Labute approximate surface area is 242 Å². The summed E-state index contributed by atoms with van der Waals surface area (Å²) in [5, 5.41) is 28.1. The zero-order valence-corrected chi connectivity index (χ0v) is 23.3. The summed E-state index contributed by atoms with van der Waals surface area (Å²) in [5.74, 6) is -0.250. The molecule has 0 aliphatic heterocycles. The molecule has 0 amide bonds.